The van der Waals surface area contributed by atoms with Crippen LogP contribution in [0.25, 0.3) is 0 Å². The number of hydrogen-bond acceptors (Lipinski definition) is 1. The van der Waals surface area contributed by atoms with E-state index in [2.05, 4.69) is 54.7 Å². The summed E-state index contributed by atoms with van der Waals surface area (Å²) in [7, 11) is 0. The van der Waals surface area contributed by atoms with Crippen molar-refractivity contribution in [2.45, 2.75) is 32.2 Å². The summed E-state index contributed by atoms with van der Waals surface area (Å²) in [6.07, 6.45) is 3.36. The molecule has 2 aromatic rings. The number of aryl methyl sites for hydroxylation is 1. The van der Waals surface area contributed by atoms with E-state index in [9.17, 15) is 0 Å². The molecule has 0 radical (unpaired) electrons. The Morgan fingerprint density at radius 3 is 2.35 bits per heavy atom. The van der Waals surface area contributed by atoms with Gasteiger partial charge in [-0.05, 0) is 56.0 Å². The molecule has 1 atom stereocenters. The Balaban J connectivity index is 1.65. The summed E-state index contributed by atoms with van der Waals surface area (Å²) in [6, 6.07) is 19.3. The lowest BCUT2D eigenvalue weighted by atomic mass is 10.1. The minimum atomic E-state index is 0.493. The molecule has 0 aliphatic rings. The van der Waals surface area contributed by atoms with Crippen LogP contribution >= 0.6 is 11.6 Å². The second kappa shape index (κ2) is 8.08. The van der Waals surface area contributed by atoms with Crippen LogP contribution in [0.2, 0.25) is 5.02 Å². The fourth-order valence-electron chi connectivity index (χ4n) is 2.33. The molecule has 0 aliphatic carbocycles. The monoisotopic (exact) mass is 287 g/mol. The second-order valence-electron chi connectivity index (χ2n) is 5.27. The lowest BCUT2D eigenvalue weighted by molar-refractivity contribution is 0.534. The number of benzene rings is 2. The first-order valence-corrected chi connectivity index (χ1v) is 7.63. The molecule has 0 amide bonds. The van der Waals surface area contributed by atoms with Gasteiger partial charge in [-0.15, -0.1) is 0 Å². The molecule has 0 saturated carbocycles. The third-order valence-corrected chi connectivity index (χ3v) is 3.68. The first-order valence-electron chi connectivity index (χ1n) is 7.26. The molecule has 1 unspecified atom stereocenters. The highest BCUT2D eigenvalue weighted by molar-refractivity contribution is 6.30. The summed E-state index contributed by atoms with van der Waals surface area (Å²) >= 11 is 5.89. The van der Waals surface area contributed by atoms with Crippen molar-refractivity contribution in [3.8, 4) is 0 Å². The van der Waals surface area contributed by atoms with Gasteiger partial charge < -0.3 is 5.32 Å². The zero-order valence-corrected chi connectivity index (χ0v) is 12.7. The summed E-state index contributed by atoms with van der Waals surface area (Å²) < 4.78 is 0. The van der Waals surface area contributed by atoms with E-state index in [1.165, 1.54) is 17.5 Å². The Bertz CT molecular complexity index is 493. The largest absolute Gasteiger partial charge is 0.314 e. The smallest absolute Gasteiger partial charge is 0.0406 e. The predicted octanol–water partition coefficient (Wildman–Crippen LogP) is 4.49. The molecular formula is C18H22ClN. The van der Waals surface area contributed by atoms with E-state index >= 15 is 0 Å². The van der Waals surface area contributed by atoms with Gasteiger partial charge in [0.25, 0.3) is 0 Å². The van der Waals surface area contributed by atoms with E-state index in [1.54, 1.807) is 0 Å². The molecule has 1 nitrogen and oxygen atoms in total. The topological polar surface area (TPSA) is 12.0 Å². The highest BCUT2D eigenvalue weighted by Crippen LogP contribution is 2.11. The Labute approximate surface area is 127 Å². The SMILES string of the molecule is CC(Cc1ccc(Cl)cc1)NCCCc1ccccc1. The van der Waals surface area contributed by atoms with Gasteiger partial charge in [-0.2, -0.15) is 0 Å². The van der Waals surface area contributed by atoms with E-state index < -0.39 is 0 Å². The lowest BCUT2D eigenvalue weighted by Crippen LogP contribution is -2.29. The van der Waals surface area contributed by atoms with Gasteiger partial charge >= 0.3 is 0 Å². The van der Waals surface area contributed by atoms with Crippen molar-refractivity contribution in [2.24, 2.45) is 0 Å². The van der Waals surface area contributed by atoms with Gasteiger partial charge in [0.1, 0.15) is 0 Å². The zero-order valence-electron chi connectivity index (χ0n) is 12.0. The maximum absolute atomic E-state index is 5.89. The molecular weight excluding hydrogens is 266 g/mol. The predicted molar refractivity (Wildman–Crippen MR) is 87.4 cm³/mol. The van der Waals surface area contributed by atoms with Gasteiger partial charge in [0.2, 0.25) is 0 Å². The molecule has 2 heteroatoms. The third kappa shape index (κ3) is 5.36. The van der Waals surface area contributed by atoms with E-state index in [1.807, 2.05) is 12.1 Å². The first kappa shape index (κ1) is 15.1. The average molecular weight is 288 g/mol. The Kier molecular flexibility index (Phi) is 6.10. The minimum absolute atomic E-state index is 0.493. The molecule has 0 spiro atoms. The lowest BCUT2D eigenvalue weighted by Gasteiger charge is -2.14. The van der Waals surface area contributed by atoms with Crippen molar-refractivity contribution in [1.29, 1.82) is 0 Å². The molecule has 2 aromatic carbocycles. The highest BCUT2D eigenvalue weighted by Gasteiger charge is 2.02. The van der Waals surface area contributed by atoms with Gasteiger partial charge in [0, 0.05) is 11.1 Å². The van der Waals surface area contributed by atoms with Crippen molar-refractivity contribution in [3.05, 3.63) is 70.7 Å². The van der Waals surface area contributed by atoms with Crippen molar-refractivity contribution in [3.63, 3.8) is 0 Å². The van der Waals surface area contributed by atoms with Crippen LogP contribution in [-0.2, 0) is 12.8 Å². The molecule has 0 saturated heterocycles. The fraction of sp³-hybridized carbons (Fsp3) is 0.333. The number of rotatable bonds is 7. The minimum Gasteiger partial charge on any atom is -0.314 e. The summed E-state index contributed by atoms with van der Waals surface area (Å²) in [5.41, 5.74) is 2.75. The first-order chi connectivity index (χ1) is 9.74. The molecule has 1 N–H and O–H groups in total. The Morgan fingerprint density at radius 1 is 0.950 bits per heavy atom. The normalized spacial score (nSPS) is 12.3. The van der Waals surface area contributed by atoms with Crippen molar-refractivity contribution in [1.82, 2.24) is 5.32 Å². The van der Waals surface area contributed by atoms with Gasteiger partial charge in [-0.3, -0.25) is 0 Å². The molecule has 0 aromatic heterocycles. The van der Waals surface area contributed by atoms with Crippen LogP contribution in [-0.4, -0.2) is 12.6 Å². The van der Waals surface area contributed by atoms with Crippen LogP contribution in [0.3, 0.4) is 0 Å². The van der Waals surface area contributed by atoms with Crippen LogP contribution < -0.4 is 5.32 Å². The van der Waals surface area contributed by atoms with Gasteiger partial charge in [-0.1, -0.05) is 54.1 Å². The Morgan fingerprint density at radius 2 is 1.65 bits per heavy atom. The van der Waals surface area contributed by atoms with Crippen LogP contribution in [0.4, 0.5) is 0 Å². The standard InChI is InChI=1S/C18H22ClN/c1-15(14-17-9-11-18(19)12-10-17)20-13-5-8-16-6-3-2-4-7-16/h2-4,6-7,9-12,15,20H,5,8,13-14H2,1H3. The summed E-state index contributed by atoms with van der Waals surface area (Å²) in [4.78, 5) is 0. The van der Waals surface area contributed by atoms with E-state index in [-0.39, 0.29) is 0 Å². The molecule has 0 aliphatic heterocycles. The third-order valence-electron chi connectivity index (χ3n) is 3.43. The summed E-state index contributed by atoms with van der Waals surface area (Å²) in [6.45, 7) is 3.29. The quantitative estimate of drug-likeness (QED) is 0.740. The van der Waals surface area contributed by atoms with Crippen LogP contribution in [0.1, 0.15) is 24.5 Å². The van der Waals surface area contributed by atoms with Crippen LogP contribution in [0.15, 0.2) is 54.6 Å². The van der Waals surface area contributed by atoms with E-state index in [0.717, 1.165) is 24.4 Å². The number of halogens is 1. The van der Waals surface area contributed by atoms with Gasteiger partial charge in [0.05, 0.1) is 0 Å². The van der Waals surface area contributed by atoms with E-state index in [0.29, 0.717) is 6.04 Å². The highest BCUT2D eigenvalue weighted by atomic mass is 35.5. The number of hydrogen-bond donors (Lipinski definition) is 1. The second-order valence-corrected chi connectivity index (χ2v) is 5.71. The maximum Gasteiger partial charge on any atom is 0.0406 e. The number of nitrogens with one attached hydrogen (secondary N) is 1. The molecule has 2 rings (SSSR count). The maximum atomic E-state index is 5.89. The molecule has 0 fully saturated rings. The van der Waals surface area contributed by atoms with Gasteiger partial charge in [0.15, 0.2) is 0 Å². The Hall–Kier alpha value is -1.31. The molecule has 0 bridgehead atoms. The average Bonchev–Trinajstić information content (AvgIpc) is 2.47. The van der Waals surface area contributed by atoms with Crippen LogP contribution in [0, 0.1) is 0 Å². The molecule has 20 heavy (non-hydrogen) atoms. The van der Waals surface area contributed by atoms with Gasteiger partial charge in [-0.25, -0.2) is 0 Å². The van der Waals surface area contributed by atoms with Crippen LogP contribution in [0.5, 0.6) is 0 Å². The molecule has 106 valence electrons. The van der Waals surface area contributed by atoms with Crippen molar-refractivity contribution < 1.29 is 0 Å². The van der Waals surface area contributed by atoms with E-state index in [4.69, 9.17) is 11.6 Å². The fourth-order valence-corrected chi connectivity index (χ4v) is 2.46. The summed E-state index contributed by atoms with van der Waals surface area (Å²) in [5, 5.41) is 4.39. The van der Waals surface area contributed by atoms with Crippen molar-refractivity contribution in [2.75, 3.05) is 6.54 Å². The molecule has 0 heterocycles. The summed E-state index contributed by atoms with van der Waals surface area (Å²) in [5.74, 6) is 0. The zero-order chi connectivity index (χ0) is 14.2. The van der Waals surface area contributed by atoms with Crippen molar-refractivity contribution >= 4 is 11.6 Å².